The molecule has 7 heteroatoms. The Morgan fingerprint density at radius 2 is 1.41 bits per heavy atom. The lowest BCUT2D eigenvalue weighted by atomic mass is 9.71. The van der Waals surface area contributed by atoms with Crippen molar-refractivity contribution >= 4 is 23.2 Å². The molecule has 2 unspecified atom stereocenters. The molecule has 3 aromatic carbocycles. The zero-order valence-corrected chi connectivity index (χ0v) is 18.1. The third kappa shape index (κ3) is 4.29. The maximum Gasteiger partial charge on any atom is 0.416 e. The predicted octanol–water partition coefficient (Wildman–Crippen LogP) is 6.26. The van der Waals surface area contributed by atoms with E-state index in [1.54, 1.807) is 60.7 Å². The third-order valence-corrected chi connectivity index (χ3v) is 5.83. The molecule has 4 nitrogen and oxygen atoms in total. The summed E-state index contributed by atoms with van der Waals surface area (Å²) in [7, 11) is 0. The van der Waals surface area contributed by atoms with Crippen molar-refractivity contribution in [3.05, 3.63) is 113 Å². The predicted molar refractivity (Wildman–Crippen MR) is 123 cm³/mol. The molecule has 0 aromatic heterocycles. The van der Waals surface area contributed by atoms with Crippen molar-refractivity contribution in [3.8, 4) is 0 Å². The van der Waals surface area contributed by atoms with Crippen LogP contribution in [0.4, 0.5) is 13.2 Å². The monoisotopic (exact) mass is 463 g/mol. The Labute approximate surface area is 194 Å². The molecular weight excluding hydrogens is 443 g/mol. The summed E-state index contributed by atoms with van der Waals surface area (Å²) < 4.78 is 42.1. The Morgan fingerprint density at radius 3 is 2.00 bits per heavy atom. The summed E-state index contributed by atoms with van der Waals surface area (Å²) in [4.78, 5) is 30.6. The summed E-state index contributed by atoms with van der Waals surface area (Å²) in [5.74, 6) is -4.76. The summed E-state index contributed by atoms with van der Waals surface area (Å²) in [6.45, 7) is 1.47. The Morgan fingerprint density at radius 1 is 0.853 bits per heavy atom. The van der Waals surface area contributed by atoms with E-state index in [0.29, 0.717) is 5.56 Å². The fourth-order valence-electron chi connectivity index (χ4n) is 4.35. The fourth-order valence-corrected chi connectivity index (χ4v) is 4.35. The number of rotatable bonds is 5. The standard InChI is InChI=1S/C27H20F3NO3/c1-16-21(26(33)34)22(19-14-8-9-15-20(19)27(28,29)30)23(25(32)18-12-6-3-7-13-18)24(31-16)17-10-4-2-5-11-17/h2-15,21-22H,1H3,(H,33,34). The number of carboxylic acid groups (broad SMARTS) is 1. The second-order valence-electron chi connectivity index (χ2n) is 7.96. The summed E-state index contributed by atoms with van der Waals surface area (Å²) in [6, 6.07) is 21.5. The van der Waals surface area contributed by atoms with Gasteiger partial charge in [-0.15, -0.1) is 0 Å². The van der Waals surface area contributed by atoms with Crippen LogP contribution in [0.5, 0.6) is 0 Å². The normalized spacial score (nSPS) is 18.4. The number of halogens is 3. The van der Waals surface area contributed by atoms with Gasteiger partial charge in [0, 0.05) is 28.3 Å². The molecule has 4 rings (SSSR count). The first-order valence-electron chi connectivity index (χ1n) is 10.5. The number of carbonyl (C=O) groups excluding carboxylic acids is 1. The number of ketones is 1. The molecule has 34 heavy (non-hydrogen) atoms. The van der Waals surface area contributed by atoms with Crippen LogP contribution < -0.4 is 0 Å². The molecule has 0 fully saturated rings. The summed E-state index contributed by atoms with van der Waals surface area (Å²) in [6.07, 6.45) is -4.74. The van der Waals surface area contributed by atoms with E-state index in [1.165, 1.54) is 25.1 Å². The van der Waals surface area contributed by atoms with E-state index in [0.717, 1.165) is 6.07 Å². The minimum atomic E-state index is -4.74. The molecule has 1 N–H and O–H groups in total. The Bertz CT molecular complexity index is 1300. The number of Topliss-reactive ketones (excluding diaryl/α,β-unsaturated/α-hetero) is 1. The molecule has 1 aliphatic rings. The molecule has 0 aliphatic carbocycles. The van der Waals surface area contributed by atoms with E-state index in [9.17, 15) is 27.9 Å². The second-order valence-corrected chi connectivity index (χ2v) is 7.96. The van der Waals surface area contributed by atoms with Gasteiger partial charge in [-0.3, -0.25) is 14.6 Å². The van der Waals surface area contributed by atoms with Crippen molar-refractivity contribution < 1.29 is 27.9 Å². The SMILES string of the molecule is CC1=NC(c2ccccc2)=C(C(=O)c2ccccc2)C(c2ccccc2C(F)(F)F)C1C(=O)O. The number of carbonyl (C=O) groups is 2. The summed E-state index contributed by atoms with van der Waals surface area (Å²) in [5.41, 5.74) is -0.286. The Hall–Kier alpha value is -4.00. The van der Waals surface area contributed by atoms with Crippen molar-refractivity contribution in [1.29, 1.82) is 0 Å². The first kappa shape index (κ1) is 23.2. The smallest absolute Gasteiger partial charge is 0.416 e. The minimum Gasteiger partial charge on any atom is -0.481 e. The highest BCUT2D eigenvalue weighted by Crippen LogP contribution is 2.47. The maximum absolute atomic E-state index is 14.0. The van der Waals surface area contributed by atoms with Crippen LogP contribution in [0.1, 0.15) is 39.9 Å². The number of allylic oxidation sites excluding steroid dienone is 1. The summed E-state index contributed by atoms with van der Waals surface area (Å²) >= 11 is 0. The first-order chi connectivity index (χ1) is 16.2. The number of aliphatic imine (C=N–C) groups is 1. The van der Waals surface area contributed by atoms with E-state index in [2.05, 4.69) is 4.99 Å². The molecule has 0 saturated carbocycles. The molecule has 0 radical (unpaired) electrons. The van der Waals surface area contributed by atoms with Gasteiger partial charge in [0.1, 0.15) is 5.92 Å². The number of alkyl halides is 3. The lowest BCUT2D eigenvalue weighted by Gasteiger charge is -2.33. The topological polar surface area (TPSA) is 66.7 Å². The quantitative estimate of drug-likeness (QED) is 0.454. The van der Waals surface area contributed by atoms with Crippen LogP contribution in [0.3, 0.4) is 0 Å². The maximum atomic E-state index is 14.0. The van der Waals surface area contributed by atoms with Crippen LogP contribution in [0.2, 0.25) is 0 Å². The molecule has 0 bridgehead atoms. The average molecular weight is 463 g/mol. The number of benzene rings is 3. The lowest BCUT2D eigenvalue weighted by Crippen LogP contribution is -2.36. The fraction of sp³-hybridized carbons (Fsp3) is 0.148. The Balaban J connectivity index is 2.09. The average Bonchev–Trinajstić information content (AvgIpc) is 2.83. The van der Waals surface area contributed by atoms with Crippen LogP contribution >= 0.6 is 0 Å². The van der Waals surface area contributed by atoms with Gasteiger partial charge in [0.25, 0.3) is 0 Å². The van der Waals surface area contributed by atoms with Gasteiger partial charge in [0.2, 0.25) is 0 Å². The number of carboxylic acids is 1. The van der Waals surface area contributed by atoms with Gasteiger partial charge in [-0.2, -0.15) is 13.2 Å². The van der Waals surface area contributed by atoms with Crippen molar-refractivity contribution in [2.75, 3.05) is 0 Å². The van der Waals surface area contributed by atoms with Crippen LogP contribution in [0, 0.1) is 5.92 Å². The molecule has 1 aliphatic heterocycles. The van der Waals surface area contributed by atoms with E-state index >= 15 is 0 Å². The zero-order valence-electron chi connectivity index (χ0n) is 18.1. The molecule has 0 amide bonds. The number of nitrogens with zero attached hydrogens (tertiary/aromatic N) is 1. The van der Waals surface area contributed by atoms with E-state index < -0.39 is 35.3 Å². The molecule has 0 saturated heterocycles. The number of hydrogen-bond donors (Lipinski definition) is 1. The van der Waals surface area contributed by atoms with Crippen molar-refractivity contribution in [1.82, 2.24) is 0 Å². The minimum absolute atomic E-state index is 0.0768. The van der Waals surface area contributed by atoms with Gasteiger partial charge in [-0.1, -0.05) is 78.9 Å². The van der Waals surface area contributed by atoms with Crippen LogP contribution in [0.25, 0.3) is 5.70 Å². The van der Waals surface area contributed by atoms with Crippen LogP contribution in [0.15, 0.2) is 95.5 Å². The third-order valence-electron chi connectivity index (χ3n) is 5.83. The Kier molecular flexibility index (Phi) is 6.20. The van der Waals surface area contributed by atoms with Gasteiger partial charge in [0.05, 0.1) is 11.3 Å². The van der Waals surface area contributed by atoms with Gasteiger partial charge in [-0.05, 0) is 18.6 Å². The van der Waals surface area contributed by atoms with E-state index in [4.69, 9.17) is 0 Å². The van der Waals surface area contributed by atoms with Gasteiger partial charge in [-0.25, -0.2) is 0 Å². The van der Waals surface area contributed by atoms with Gasteiger partial charge < -0.3 is 5.11 Å². The number of aliphatic carboxylic acids is 1. The highest BCUT2D eigenvalue weighted by Gasteiger charge is 2.45. The second kappa shape index (κ2) is 9.09. The molecule has 1 heterocycles. The van der Waals surface area contributed by atoms with Gasteiger partial charge >= 0.3 is 12.1 Å². The van der Waals surface area contributed by atoms with Crippen LogP contribution in [-0.4, -0.2) is 22.6 Å². The van der Waals surface area contributed by atoms with Crippen molar-refractivity contribution in [2.24, 2.45) is 10.9 Å². The lowest BCUT2D eigenvalue weighted by molar-refractivity contribution is -0.142. The first-order valence-corrected chi connectivity index (χ1v) is 10.5. The largest absolute Gasteiger partial charge is 0.481 e. The molecular formula is C27H20F3NO3. The van der Waals surface area contributed by atoms with Crippen LogP contribution in [-0.2, 0) is 11.0 Å². The number of hydrogen-bond acceptors (Lipinski definition) is 3. The van der Waals surface area contributed by atoms with Gasteiger partial charge in [0.15, 0.2) is 5.78 Å². The molecule has 0 spiro atoms. The molecule has 2 atom stereocenters. The highest BCUT2D eigenvalue weighted by atomic mass is 19.4. The van der Waals surface area contributed by atoms with E-state index in [-0.39, 0.29) is 28.1 Å². The highest BCUT2D eigenvalue weighted by molar-refractivity contribution is 6.18. The summed E-state index contributed by atoms with van der Waals surface area (Å²) in [5, 5.41) is 10.1. The van der Waals surface area contributed by atoms with Crippen molar-refractivity contribution in [3.63, 3.8) is 0 Å². The molecule has 172 valence electrons. The molecule has 3 aromatic rings. The van der Waals surface area contributed by atoms with Crippen molar-refractivity contribution in [2.45, 2.75) is 19.0 Å². The van der Waals surface area contributed by atoms with E-state index in [1.807, 2.05) is 0 Å². The zero-order chi connectivity index (χ0) is 24.5.